The van der Waals surface area contributed by atoms with Gasteiger partial charge in [0.15, 0.2) is 0 Å². The van der Waals surface area contributed by atoms with Crippen LogP contribution in [0.2, 0.25) is 0 Å². The van der Waals surface area contributed by atoms with Crippen LogP contribution >= 0.6 is 11.6 Å². The quantitative estimate of drug-likeness (QED) is 0.574. The second-order valence-corrected chi connectivity index (χ2v) is 3.05. The van der Waals surface area contributed by atoms with E-state index in [4.69, 9.17) is 11.6 Å². The van der Waals surface area contributed by atoms with Crippen molar-refractivity contribution in [2.45, 2.75) is 11.8 Å². The van der Waals surface area contributed by atoms with Gasteiger partial charge in [0.2, 0.25) is 0 Å². The molecule has 1 aromatic rings. The third-order valence-corrected chi connectivity index (χ3v) is 1.81. The van der Waals surface area contributed by atoms with Gasteiger partial charge in [0.25, 0.3) is 0 Å². The molecule has 0 bridgehead atoms. The van der Waals surface area contributed by atoms with Crippen LogP contribution in [0.4, 0.5) is 0 Å². The summed E-state index contributed by atoms with van der Waals surface area (Å²) in [7, 11) is 0. The minimum atomic E-state index is -0.557. The lowest BCUT2D eigenvalue weighted by molar-refractivity contribution is -0.107. The molecule has 0 saturated heterocycles. The number of rotatable bonds is 3. The van der Waals surface area contributed by atoms with Gasteiger partial charge in [-0.1, -0.05) is 18.2 Å². The van der Waals surface area contributed by atoms with E-state index in [0.29, 0.717) is 18.3 Å². The molecular formula is C9H9ClO2. The second-order valence-electron chi connectivity index (χ2n) is 2.48. The lowest BCUT2D eigenvalue weighted by atomic mass is 10.1. The van der Waals surface area contributed by atoms with E-state index in [-0.39, 0.29) is 5.75 Å². The molecular weight excluding hydrogens is 176 g/mol. The lowest BCUT2D eigenvalue weighted by Gasteiger charge is -2.03. The molecule has 0 spiro atoms. The highest BCUT2D eigenvalue weighted by atomic mass is 35.5. The van der Waals surface area contributed by atoms with E-state index < -0.39 is 5.38 Å². The van der Waals surface area contributed by atoms with Crippen LogP contribution in [0, 0.1) is 0 Å². The first-order chi connectivity index (χ1) is 5.74. The summed E-state index contributed by atoms with van der Waals surface area (Å²) in [5.74, 6) is 0.185. The van der Waals surface area contributed by atoms with Gasteiger partial charge >= 0.3 is 0 Å². The summed E-state index contributed by atoms with van der Waals surface area (Å²) in [6.07, 6.45) is 1.03. The zero-order chi connectivity index (χ0) is 8.97. The molecule has 0 aliphatic heterocycles. The number of carbonyl (C=O) groups is 1. The fourth-order valence-corrected chi connectivity index (χ4v) is 1.11. The molecule has 1 rings (SSSR count). The standard InChI is InChI=1S/C9H9ClO2/c10-8(6-11)5-7-3-1-2-4-9(7)12/h1-4,6,8,12H,5H2. The van der Waals surface area contributed by atoms with Crippen LogP contribution in [0.15, 0.2) is 24.3 Å². The summed E-state index contributed by atoms with van der Waals surface area (Å²) in [6, 6.07) is 6.84. The van der Waals surface area contributed by atoms with Crippen LogP contribution in [0.3, 0.4) is 0 Å². The Labute approximate surface area is 75.8 Å². The third-order valence-electron chi connectivity index (χ3n) is 1.55. The number of benzene rings is 1. The second kappa shape index (κ2) is 4.12. The molecule has 0 heterocycles. The molecule has 64 valence electrons. The number of carbonyl (C=O) groups excluding carboxylic acids is 1. The number of para-hydroxylation sites is 1. The summed E-state index contributed by atoms with van der Waals surface area (Å²) in [4.78, 5) is 10.2. The van der Waals surface area contributed by atoms with Gasteiger partial charge in [-0.15, -0.1) is 11.6 Å². The molecule has 0 fully saturated rings. The van der Waals surface area contributed by atoms with E-state index in [0.717, 1.165) is 0 Å². The number of hydrogen-bond acceptors (Lipinski definition) is 2. The highest BCUT2D eigenvalue weighted by Gasteiger charge is 2.06. The SMILES string of the molecule is O=CC(Cl)Cc1ccccc1O. The van der Waals surface area contributed by atoms with Crippen molar-refractivity contribution >= 4 is 17.9 Å². The predicted octanol–water partition coefficient (Wildman–Crippen LogP) is 1.74. The average Bonchev–Trinajstić information content (AvgIpc) is 2.09. The lowest BCUT2D eigenvalue weighted by Crippen LogP contribution is -2.04. The van der Waals surface area contributed by atoms with Crippen molar-refractivity contribution in [1.29, 1.82) is 0 Å². The van der Waals surface area contributed by atoms with E-state index in [2.05, 4.69) is 0 Å². The number of phenolic OH excluding ortho intramolecular Hbond substituents is 1. The van der Waals surface area contributed by atoms with Crippen LogP contribution < -0.4 is 0 Å². The Balaban J connectivity index is 2.75. The van der Waals surface area contributed by atoms with Crippen LogP contribution in [0.1, 0.15) is 5.56 Å². The number of hydrogen-bond donors (Lipinski definition) is 1. The highest BCUT2D eigenvalue weighted by molar-refractivity contribution is 6.27. The van der Waals surface area contributed by atoms with Gasteiger partial charge in [0.1, 0.15) is 12.0 Å². The smallest absolute Gasteiger partial charge is 0.138 e. The maximum absolute atomic E-state index is 10.2. The molecule has 12 heavy (non-hydrogen) atoms. The first-order valence-electron chi connectivity index (χ1n) is 3.60. The van der Waals surface area contributed by atoms with Gasteiger partial charge in [-0.25, -0.2) is 0 Å². The largest absolute Gasteiger partial charge is 0.508 e. The van der Waals surface area contributed by atoms with E-state index in [1.165, 1.54) is 0 Å². The molecule has 1 atom stereocenters. The maximum atomic E-state index is 10.2. The minimum Gasteiger partial charge on any atom is -0.508 e. The van der Waals surface area contributed by atoms with Gasteiger partial charge in [-0.3, -0.25) is 0 Å². The molecule has 1 N–H and O–H groups in total. The Hall–Kier alpha value is -1.02. The zero-order valence-corrected chi connectivity index (χ0v) is 7.16. The van der Waals surface area contributed by atoms with Gasteiger partial charge < -0.3 is 9.90 Å². The summed E-state index contributed by atoms with van der Waals surface area (Å²) < 4.78 is 0. The normalized spacial score (nSPS) is 12.4. The number of halogens is 1. The third kappa shape index (κ3) is 2.24. The Morgan fingerprint density at radius 2 is 2.17 bits per heavy atom. The zero-order valence-electron chi connectivity index (χ0n) is 6.40. The van der Waals surface area contributed by atoms with E-state index in [1.807, 2.05) is 0 Å². The first-order valence-corrected chi connectivity index (χ1v) is 4.04. The summed E-state index contributed by atoms with van der Waals surface area (Å²) >= 11 is 5.59. The molecule has 0 radical (unpaired) electrons. The predicted molar refractivity (Wildman–Crippen MR) is 47.5 cm³/mol. The van der Waals surface area contributed by atoms with Gasteiger partial charge in [-0.05, 0) is 18.1 Å². The maximum Gasteiger partial charge on any atom is 0.138 e. The minimum absolute atomic E-state index is 0.185. The Morgan fingerprint density at radius 3 is 2.75 bits per heavy atom. The summed E-state index contributed by atoms with van der Waals surface area (Å²) in [6.45, 7) is 0. The molecule has 1 aromatic carbocycles. The topological polar surface area (TPSA) is 37.3 Å². The number of aromatic hydroxyl groups is 1. The molecule has 0 saturated carbocycles. The van der Waals surface area contributed by atoms with E-state index in [9.17, 15) is 9.90 Å². The molecule has 3 heteroatoms. The number of phenols is 1. The fraction of sp³-hybridized carbons (Fsp3) is 0.222. The van der Waals surface area contributed by atoms with Crippen molar-refractivity contribution < 1.29 is 9.90 Å². The summed E-state index contributed by atoms with van der Waals surface area (Å²) in [5, 5.41) is 8.72. The van der Waals surface area contributed by atoms with Crippen LogP contribution in [0.5, 0.6) is 5.75 Å². The van der Waals surface area contributed by atoms with Gasteiger partial charge in [0.05, 0.1) is 5.38 Å². The number of aldehydes is 1. The Bertz CT molecular complexity index is 273. The van der Waals surface area contributed by atoms with Gasteiger partial charge in [-0.2, -0.15) is 0 Å². The number of alkyl halides is 1. The van der Waals surface area contributed by atoms with Crippen molar-refractivity contribution in [3.63, 3.8) is 0 Å². The van der Waals surface area contributed by atoms with Crippen molar-refractivity contribution in [3.05, 3.63) is 29.8 Å². The molecule has 0 aromatic heterocycles. The molecule has 1 unspecified atom stereocenters. The first kappa shape index (κ1) is 9.07. The molecule has 0 aliphatic rings. The monoisotopic (exact) mass is 184 g/mol. The fourth-order valence-electron chi connectivity index (χ4n) is 0.942. The van der Waals surface area contributed by atoms with Crippen molar-refractivity contribution in [2.24, 2.45) is 0 Å². The average molecular weight is 185 g/mol. The van der Waals surface area contributed by atoms with Crippen LogP contribution in [-0.2, 0) is 11.2 Å². The van der Waals surface area contributed by atoms with Crippen LogP contribution in [-0.4, -0.2) is 16.8 Å². The van der Waals surface area contributed by atoms with Crippen molar-refractivity contribution in [3.8, 4) is 5.75 Å². The highest BCUT2D eigenvalue weighted by Crippen LogP contribution is 2.18. The molecule has 2 nitrogen and oxygen atoms in total. The van der Waals surface area contributed by atoms with Gasteiger partial charge in [0, 0.05) is 0 Å². The van der Waals surface area contributed by atoms with E-state index >= 15 is 0 Å². The molecule has 0 amide bonds. The van der Waals surface area contributed by atoms with E-state index in [1.54, 1.807) is 24.3 Å². The van der Waals surface area contributed by atoms with Crippen molar-refractivity contribution in [1.82, 2.24) is 0 Å². The molecule has 0 aliphatic carbocycles. The summed E-state index contributed by atoms with van der Waals surface area (Å²) in [5.41, 5.74) is 0.699. The van der Waals surface area contributed by atoms with Crippen molar-refractivity contribution in [2.75, 3.05) is 0 Å². The Kier molecular flexibility index (Phi) is 3.11. The van der Waals surface area contributed by atoms with Crippen LogP contribution in [0.25, 0.3) is 0 Å². The Morgan fingerprint density at radius 1 is 1.50 bits per heavy atom.